The van der Waals surface area contributed by atoms with E-state index in [2.05, 4.69) is 34.6 Å². The number of pyridine rings is 1. The van der Waals surface area contributed by atoms with Crippen LogP contribution in [0.5, 0.6) is 11.5 Å². The Bertz CT molecular complexity index is 1550. The molecule has 2 aromatic carbocycles. The van der Waals surface area contributed by atoms with Crippen LogP contribution in [0.4, 0.5) is 0 Å². The summed E-state index contributed by atoms with van der Waals surface area (Å²) in [6.07, 6.45) is 9.50. The topological polar surface area (TPSA) is 91.2 Å². The highest BCUT2D eigenvalue weighted by Gasteiger charge is 2.24. The quantitative estimate of drug-likeness (QED) is 0.251. The van der Waals surface area contributed by atoms with Crippen molar-refractivity contribution in [1.29, 1.82) is 0 Å². The van der Waals surface area contributed by atoms with Gasteiger partial charge in [-0.25, -0.2) is 4.98 Å². The molecular weight excluding hydrogens is 530 g/mol. The van der Waals surface area contributed by atoms with Crippen LogP contribution in [-0.4, -0.2) is 41.1 Å². The maximum Gasteiger partial charge on any atom is 0.306 e. The molecule has 0 saturated heterocycles. The van der Waals surface area contributed by atoms with Crippen LogP contribution in [0.15, 0.2) is 67.0 Å². The number of ether oxygens (including phenoxy) is 3. The van der Waals surface area contributed by atoms with Crippen molar-refractivity contribution in [3.63, 3.8) is 0 Å². The molecule has 1 saturated carbocycles. The Morgan fingerprint density at radius 3 is 2.48 bits per heavy atom. The van der Waals surface area contributed by atoms with Gasteiger partial charge in [-0.1, -0.05) is 30.3 Å². The van der Waals surface area contributed by atoms with Crippen LogP contribution in [0.25, 0.3) is 16.8 Å². The van der Waals surface area contributed by atoms with Crippen molar-refractivity contribution in [2.24, 2.45) is 5.92 Å². The fourth-order valence-corrected chi connectivity index (χ4v) is 5.97. The summed E-state index contributed by atoms with van der Waals surface area (Å²) in [5.74, 6) is 2.12. The summed E-state index contributed by atoms with van der Waals surface area (Å²) in [4.78, 5) is 29.3. The molecule has 42 heavy (non-hydrogen) atoms. The monoisotopic (exact) mass is 567 g/mol. The predicted octanol–water partition coefficient (Wildman–Crippen LogP) is 6.32. The van der Waals surface area contributed by atoms with Crippen molar-refractivity contribution in [1.82, 2.24) is 14.7 Å². The third kappa shape index (κ3) is 6.43. The fourth-order valence-electron chi connectivity index (χ4n) is 5.97. The second kappa shape index (κ2) is 12.7. The Kier molecular flexibility index (Phi) is 8.40. The molecule has 8 heteroatoms. The number of esters is 1. The smallest absolute Gasteiger partial charge is 0.306 e. The number of hydrogen-bond acceptors (Lipinski definition) is 6. The molecular formula is C34H37N3O5. The molecule has 0 radical (unpaired) electrons. The van der Waals surface area contributed by atoms with Gasteiger partial charge in [0.05, 0.1) is 19.8 Å². The average Bonchev–Trinajstić information content (AvgIpc) is 3.31. The second-order valence-corrected chi connectivity index (χ2v) is 11.2. The molecule has 0 spiro atoms. The highest BCUT2D eigenvalue weighted by atomic mass is 16.5. The molecule has 3 heterocycles. The lowest BCUT2D eigenvalue weighted by molar-refractivity contribution is -0.144. The van der Waals surface area contributed by atoms with Crippen LogP contribution in [0, 0.1) is 5.92 Å². The van der Waals surface area contributed by atoms with Gasteiger partial charge >= 0.3 is 5.97 Å². The van der Waals surface area contributed by atoms with Crippen molar-refractivity contribution in [2.75, 3.05) is 19.8 Å². The van der Waals surface area contributed by atoms with Gasteiger partial charge in [0.2, 0.25) is 0 Å². The first-order valence-corrected chi connectivity index (χ1v) is 15.0. The highest BCUT2D eigenvalue weighted by molar-refractivity contribution is 5.92. The maximum absolute atomic E-state index is 12.9. The zero-order valence-electron chi connectivity index (χ0n) is 24.0. The van der Waals surface area contributed by atoms with Crippen LogP contribution in [0.2, 0.25) is 0 Å². The summed E-state index contributed by atoms with van der Waals surface area (Å²) in [6.45, 7) is 3.94. The standard InChI is InChI=1S/C34H37N3O5/c1-2-40-33(38)19-23-4-7-25(8-5-23)26-9-11-27(12-10-26)28-13-15-32-36-29(22-37(32)21-28)34(39)35-20-24-6-14-30-31(18-24)42-17-3-16-41-30/h6,9-15,18,21-23,25H,2-5,7-8,16-17,19-20H2,1H3,(H,35,39)/t23-,25-. The molecule has 1 aliphatic heterocycles. The second-order valence-electron chi connectivity index (χ2n) is 11.2. The normalized spacial score (nSPS) is 18.3. The van der Waals surface area contributed by atoms with Crippen LogP contribution in [0.1, 0.15) is 73.0 Å². The minimum absolute atomic E-state index is 0.0696. The molecule has 0 unspecified atom stereocenters. The SMILES string of the molecule is CCOC(=O)C[C@H]1CC[C@H](c2ccc(-c3ccc4nc(C(=O)NCc5ccc6c(c5)OCCCO6)cn4c3)cc2)CC1. The molecule has 1 aliphatic carbocycles. The summed E-state index contributed by atoms with van der Waals surface area (Å²) < 4.78 is 18.5. The number of rotatable bonds is 8. The molecule has 1 N–H and O–H groups in total. The van der Waals surface area contributed by atoms with Crippen molar-refractivity contribution in [2.45, 2.75) is 57.9 Å². The molecule has 0 bridgehead atoms. The number of benzene rings is 2. The Morgan fingerprint density at radius 1 is 0.929 bits per heavy atom. The Balaban J connectivity index is 1.06. The Labute approximate surface area is 246 Å². The van der Waals surface area contributed by atoms with Crippen molar-refractivity contribution in [3.05, 3.63) is 83.8 Å². The molecule has 6 rings (SSSR count). The number of fused-ring (bicyclic) bond motifs is 2. The van der Waals surface area contributed by atoms with Gasteiger partial charge in [-0.3, -0.25) is 9.59 Å². The van der Waals surface area contributed by atoms with Gasteiger partial charge in [0.15, 0.2) is 11.5 Å². The minimum atomic E-state index is -0.228. The number of carbonyl (C=O) groups is 2. The van der Waals surface area contributed by atoms with E-state index in [1.165, 1.54) is 5.56 Å². The van der Waals surface area contributed by atoms with Gasteiger partial charge in [0.1, 0.15) is 11.3 Å². The maximum atomic E-state index is 12.9. The van der Waals surface area contributed by atoms with Crippen molar-refractivity contribution < 1.29 is 23.8 Å². The molecule has 1 amide bonds. The molecule has 8 nitrogen and oxygen atoms in total. The lowest BCUT2D eigenvalue weighted by atomic mass is 9.77. The van der Waals surface area contributed by atoms with Gasteiger partial charge in [-0.05, 0) is 91.0 Å². The first kappa shape index (κ1) is 27.8. The third-order valence-corrected chi connectivity index (χ3v) is 8.27. The van der Waals surface area contributed by atoms with Gasteiger partial charge in [0, 0.05) is 31.8 Å². The number of aromatic nitrogens is 2. The molecule has 0 atom stereocenters. The van der Waals surface area contributed by atoms with E-state index in [4.69, 9.17) is 14.2 Å². The average molecular weight is 568 g/mol. The zero-order valence-corrected chi connectivity index (χ0v) is 24.0. The Morgan fingerprint density at radius 2 is 1.69 bits per heavy atom. The lowest BCUT2D eigenvalue weighted by Gasteiger charge is -2.28. The largest absolute Gasteiger partial charge is 0.490 e. The summed E-state index contributed by atoms with van der Waals surface area (Å²) in [5.41, 5.74) is 5.55. The minimum Gasteiger partial charge on any atom is -0.490 e. The van der Waals surface area contributed by atoms with Crippen molar-refractivity contribution >= 4 is 17.5 Å². The van der Waals surface area contributed by atoms with Crippen molar-refractivity contribution in [3.8, 4) is 22.6 Å². The van der Waals surface area contributed by atoms with Crippen LogP contribution in [-0.2, 0) is 16.1 Å². The number of hydrogen-bond donors (Lipinski definition) is 1. The van der Waals surface area contributed by atoms with E-state index in [1.807, 2.05) is 47.9 Å². The van der Waals surface area contributed by atoms with E-state index in [-0.39, 0.29) is 11.9 Å². The van der Waals surface area contributed by atoms with Gasteiger partial charge in [-0.15, -0.1) is 0 Å². The van der Waals surface area contributed by atoms with E-state index in [0.29, 0.717) is 56.1 Å². The predicted molar refractivity (Wildman–Crippen MR) is 160 cm³/mol. The van der Waals surface area contributed by atoms with E-state index < -0.39 is 0 Å². The summed E-state index contributed by atoms with van der Waals surface area (Å²) >= 11 is 0. The third-order valence-electron chi connectivity index (χ3n) is 8.27. The van der Waals surface area contributed by atoms with E-state index in [0.717, 1.165) is 60.2 Å². The summed E-state index contributed by atoms with van der Waals surface area (Å²) in [7, 11) is 0. The zero-order chi connectivity index (χ0) is 28.9. The van der Waals surface area contributed by atoms with E-state index in [9.17, 15) is 9.59 Å². The molecule has 4 aromatic rings. The first-order valence-electron chi connectivity index (χ1n) is 15.0. The number of nitrogens with zero attached hydrogens (tertiary/aromatic N) is 2. The number of amides is 1. The lowest BCUT2D eigenvalue weighted by Crippen LogP contribution is -2.23. The summed E-state index contributed by atoms with van der Waals surface area (Å²) in [5, 5.41) is 2.97. The van der Waals surface area contributed by atoms with Gasteiger partial charge in [0.25, 0.3) is 5.91 Å². The molecule has 218 valence electrons. The fraction of sp³-hybridized carbons (Fsp3) is 0.382. The number of nitrogens with one attached hydrogen (secondary N) is 1. The number of carbonyl (C=O) groups excluding carboxylic acids is 2. The Hall–Kier alpha value is -4.33. The van der Waals surface area contributed by atoms with Crippen LogP contribution >= 0.6 is 0 Å². The highest BCUT2D eigenvalue weighted by Crippen LogP contribution is 2.38. The first-order chi connectivity index (χ1) is 20.6. The molecule has 1 fully saturated rings. The van der Waals surface area contributed by atoms with Gasteiger partial charge < -0.3 is 23.9 Å². The molecule has 2 aliphatic rings. The van der Waals surface area contributed by atoms with E-state index in [1.54, 1.807) is 6.20 Å². The number of imidazole rings is 1. The van der Waals surface area contributed by atoms with Gasteiger partial charge in [-0.2, -0.15) is 0 Å². The van der Waals surface area contributed by atoms with Crippen LogP contribution < -0.4 is 14.8 Å². The van der Waals surface area contributed by atoms with Crippen LogP contribution in [0.3, 0.4) is 0 Å². The van der Waals surface area contributed by atoms with E-state index >= 15 is 0 Å². The summed E-state index contributed by atoms with van der Waals surface area (Å²) in [6, 6.07) is 18.5. The molecule has 2 aromatic heterocycles.